The van der Waals surface area contributed by atoms with E-state index in [-0.39, 0.29) is 5.56 Å². The van der Waals surface area contributed by atoms with Gasteiger partial charge in [0.05, 0.1) is 37.4 Å². The maximum Gasteiger partial charge on any atom is 0.268 e. The largest absolute Gasteiger partial charge is 0.497 e. The Labute approximate surface area is 177 Å². The molecule has 3 rings (SSSR count). The molecule has 1 aromatic carbocycles. The van der Waals surface area contributed by atoms with Gasteiger partial charge in [-0.15, -0.1) is 0 Å². The summed E-state index contributed by atoms with van der Waals surface area (Å²) < 4.78 is 32.1. The molecule has 0 saturated carbocycles. The van der Waals surface area contributed by atoms with Gasteiger partial charge in [0.2, 0.25) is 5.91 Å². The summed E-state index contributed by atoms with van der Waals surface area (Å²) in [5.74, 6) is 2.00. The number of carbonyl (C=O) groups excluding carboxylic acids is 2. The van der Waals surface area contributed by atoms with E-state index in [2.05, 4.69) is 22.1 Å². The topological polar surface area (TPSA) is 95.3 Å². The number of hydrogen-bond acceptors (Lipinski definition) is 5. The summed E-state index contributed by atoms with van der Waals surface area (Å²) in [6.45, 7) is -1.35. The van der Waals surface area contributed by atoms with Crippen molar-refractivity contribution in [3.05, 3.63) is 59.4 Å². The van der Waals surface area contributed by atoms with Gasteiger partial charge in [0.1, 0.15) is 11.8 Å². The second-order valence-corrected chi connectivity index (χ2v) is 6.81. The van der Waals surface area contributed by atoms with Crippen molar-refractivity contribution in [2.24, 2.45) is 0 Å². The smallest absolute Gasteiger partial charge is 0.268 e. The standard InChI is InChI=1S/C22H18F2N4O3/c1-31-18-6-3-15(4-7-18)2-5-16-12-26-9-8-19(16)21(30)27-13-20(29)28-14-22(23,24)10-17(28)11-25/h3-4,6-9,12,17H,10,13-14H2,1H3,(H,27,30)/t17-/m0/s1. The van der Waals surface area contributed by atoms with Crippen molar-refractivity contribution < 1.29 is 23.1 Å². The number of ether oxygens (including phenoxy) is 1. The van der Waals surface area contributed by atoms with E-state index >= 15 is 0 Å². The predicted octanol–water partition coefficient (Wildman–Crippen LogP) is 1.98. The average Bonchev–Trinajstić information content (AvgIpc) is 3.11. The number of likely N-dealkylation sites (tertiary alicyclic amines) is 1. The maximum absolute atomic E-state index is 13.5. The van der Waals surface area contributed by atoms with Crippen molar-refractivity contribution in [3.8, 4) is 23.7 Å². The summed E-state index contributed by atoms with van der Waals surface area (Å²) >= 11 is 0. The van der Waals surface area contributed by atoms with Gasteiger partial charge < -0.3 is 15.0 Å². The lowest BCUT2D eigenvalue weighted by Crippen LogP contribution is -2.43. The monoisotopic (exact) mass is 424 g/mol. The quantitative estimate of drug-likeness (QED) is 0.758. The van der Waals surface area contributed by atoms with Crippen LogP contribution in [0.15, 0.2) is 42.7 Å². The second-order valence-electron chi connectivity index (χ2n) is 6.81. The molecule has 1 atom stereocenters. The summed E-state index contributed by atoms with van der Waals surface area (Å²) in [6, 6.07) is 8.95. The number of aromatic nitrogens is 1. The minimum atomic E-state index is -3.12. The Morgan fingerprint density at radius 1 is 1.29 bits per heavy atom. The molecule has 0 radical (unpaired) electrons. The summed E-state index contributed by atoms with van der Waals surface area (Å²) in [4.78, 5) is 29.6. The number of benzene rings is 1. The van der Waals surface area contributed by atoms with Crippen molar-refractivity contribution in [3.63, 3.8) is 0 Å². The number of pyridine rings is 1. The first-order valence-corrected chi connectivity index (χ1v) is 9.28. The van der Waals surface area contributed by atoms with Crippen LogP contribution in [0.25, 0.3) is 0 Å². The fourth-order valence-electron chi connectivity index (χ4n) is 3.05. The molecule has 31 heavy (non-hydrogen) atoms. The van der Waals surface area contributed by atoms with Crippen LogP contribution in [0.3, 0.4) is 0 Å². The van der Waals surface area contributed by atoms with E-state index in [1.807, 2.05) is 0 Å². The van der Waals surface area contributed by atoms with Gasteiger partial charge in [-0.25, -0.2) is 8.78 Å². The predicted molar refractivity (Wildman–Crippen MR) is 106 cm³/mol. The Hall–Kier alpha value is -3.98. The molecule has 7 nitrogen and oxygen atoms in total. The molecule has 2 aromatic rings. The first-order valence-electron chi connectivity index (χ1n) is 9.28. The average molecular weight is 424 g/mol. The first kappa shape index (κ1) is 21.7. The molecule has 9 heteroatoms. The number of nitrogens with zero attached hydrogens (tertiary/aromatic N) is 3. The van der Waals surface area contributed by atoms with Gasteiger partial charge >= 0.3 is 0 Å². The second kappa shape index (κ2) is 9.23. The van der Waals surface area contributed by atoms with Gasteiger partial charge in [-0.2, -0.15) is 5.26 Å². The molecule has 1 saturated heterocycles. The number of rotatable bonds is 4. The van der Waals surface area contributed by atoms with Crippen molar-refractivity contribution in [1.29, 1.82) is 5.26 Å². The minimum absolute atomic E-state index is 0.187. The Kier molecular flexibility index (Phi) is 6.46. The highest BCUT2D eigenvalue weighted by molar-refractivity contribution is 5.98. The Morgan fingerprint density at radius 2 is 2.03 bits per heavy atom. The van der Waals surface area contributed by atoms with Gasteiger partial charge in [-0.3, -0.25) is 14.6 Å². The van der Waals surface area contributed by atoms with Crippen LogP contribution in [0.4, 0.5) is 8.78 Å². The zero-order valence-electron chi connectivity index (χ0n) is 16.6. The lowest BCUT2D eigenvalue weighted by Gasteiger charge is -2.19. The van der Waals surface area contributed by atoms with E-state index in [1.165, 1.54) is 18.5 Å². The molecule has 0 spiro atoms. The van der Waals surface area contributed by atoms with Crippen LogP contribution < -0.4 is 10.1 Å². The fourth-order valence-corrected chi connectivity index (χ4v) is 3.05. The van der Waals surface area contributed by atoms with Crippen LogP contribution in [0.5, 0.6) is 5.75 Å². The molecule has 2 heterocycles. The van der Waals surface area contributed by atoms with Crippen LogP contribution in [0, 0.1) is 23.2 Å². The highest BCUT2D eigenvalue weighted by atomic mass is 19.3. The molecular formula is C22H18F2N4O3. The third-order valence-electron chi connectivity index (χ3n) is 4.64. The van der Waals surface area contributed by atoms with Crippen molar-refractivity contribution in [1.82, 2.24) is 15.2 Å². The molecule has 0 unspecified atom stereocenters. The van der Waals surface area contributed by atoms with E-state index in [0.717, 1.165) is 4.90 Å². The number of hydrogen-bond donors (Lipinski definition) is 1. The molecule has 158 valence electrons. The molecule has 1 fully saturated rings. The third-order valence-corrected chi connectivity index (χ3v) is 4.64. The normalized spacial score (nSPS) is 16.6. The Balaban J connectivity index is 1.68. The van der Waals surface area contributed by atoms with Crippen LogP contribution in [-0.2, 0) is 4.79 Å². The number of methoxy groups -OCH3 is 1. The maximum atomic E-state index is 13.5. The van der Waals surface area contributed by atoms with Crippen LogP contribution >= 0.6 is 0 Å². The third kappa shape index (κ3) is 5.34. The molecule has 1 aromatic heterocycles. The SMILES string of the molecule is COc1ccc(C#Cc2cnccc2C(=O)NCC(=O)N2CC(F)(F)C[C@H]2C#N)cc1. The van der Waals surface area contributed by atoms with Crippen molar-refractivity contribution >= 4 is 11.8 Å². The zero-order valence-corrected chi connectivity index (χ0v) is 16.6. The zero-order chi connectivity index (χ0) is 22.4. The number of nitriles is 1. The summed E-state index contributed by atoms with van der Waals surface area (Å²) in [6.07, 6.45) is 2.11. The van der Waals surface area contributed by atoms with E-state index in [4.69, 9.17) is 10.00 Å². The lowest BCUT2D eigenvalue weighted by molar-refractivity contribution is -0.131. The summed E-state index contributed by atoms with van der Waals surface area (Å²) in [5, 5.41) is 11.4. The highest BCUT2D eigenvalue weighted by Gasteiger charge is 2.47. The van der Waals surface area contributed by atoms with Gasteiger partial charge in [-0.05, 0) is 30.3 Å². The molecule has 2 amide bonds. The van der Waals surface area contributed by atoms with E-state index in [1.54, 1.807) is 37.4 Å². The lowest BCUT2D eigenvalue weighted by atomic mass is 10.1. The molecular weight excluding hydrogens is 406 g/mol. The van der Waals surface area contributed by atoms with Crippen LogP contribution in [-0.4, -0.2) is 53.9 Å². The summed E-state index contributed by atoms with van der Waals surface area (Å²) in [5.41, 5.74) is 1.22. The van der Waals surface area contributed by atoms with Gasteiger partial charge in [0, 0.05) is 24.4 Å². The molecule has 0 bridgehead atoms. The van der Waals surface area contributed by atoms with Crippen molar-refractivity contribution in [2.45, 2.75) is 18.4 Å². The number of halogens is 2. The van der Waals surface area contributed by atoms with Crippen molar-refractivity contribution in [2.75, 3.05) is 20.2 Å². The number of amides is 2. The number of nitrogens with one attached hydrogen (secondary N) is 1. The molecule has 1 aliphatic heterocycles. The fraction of sp³-hybridized carbons (Fsp3) is 0.273. The number of carbonyl (C=O) groups is 2. The number of alkyl halides is 2. The van der Waals surface area contributed by atoms with E-state index in [0.29, 0.717) is 16.9 Å². The van der Waals surface area contributed by atoms with Gasteiger partial charge in [0.15, 0.2) is 0 Å². The van der Waals surface area contributed by atoms with E-state index < -0.39 is 43.3 Å². The highest BCUT2D eigenvalue weighted by Crippen LogP contribution is 2.31. The summed E-state index contributed by atoms with van der Waals surface area (Å²) in [7, 11) is 1.56. The minimum Gasteiger partial charge on any atom is -0.497 e. The van der Waals surface area contributed by atoms with Crippen LogP contribution in [0.2, 0.25) is 0 Å². The Morgan fingerprint density at radius 3 is 2.71 bits per heavy atom. The van der Waals surface area contributed by atoms with Gasteiger partial charge in [0.25, 0.3) is 11.8 Å². The molecule has 1 aliphatic rings. The molecule has 0 aliphatic carbocycles. The first-order chi connectivity index (χ1) is 14.8. The van der Waals surface area contributed by atoms with Crippen LogP contribution in [0.1, 0.15) is 27.9 Å². The van der Waals surface area contributed by atoms with Gasteiger partial charge in [-0.1, -0.05) is 11.8 Å². The molecule has 1 N–H and O–H groups in total. The van der Waals surface area contributed by atoms with E-state index in [9.17, 15) is 18.4 Å². The Bertz CT molecular complexity index is 1080.